The van der Waals surface area contributed by atoms with E-state index >= 15 is 0 Å². The molecule has 178 valence electrons. The summed E-state index contributed by atoms with van der Waals surface area (Å²) in [6, 6.07) is 18.9. The van der Waals surface area contributed by atoms with Crippen LogP contribution in [0.3, 0.4) is 0 Å². The van der Waals surface area contributed by atoms with Crippen molar-refractivity contribution in [3.63, 3.8) is 0 Å². The van der Waals surface area contributed by atoms with E-state index in [0.717, 1.165) is 34.7 Å². The van der Waals surface area contributed by atoms with Crippen LogP contribution in [0.15, 0.2) is 66.9 Å². The van der Waals surface area contributed by atoms with Crippen LogP contribution in [0.25, 0.3) is 0 Å². The van der Waals surface area contributed by atoms with Crippen molar-refractivity contribution in [2.24, 2.45) is 0 Å². The summed E-state index contributed by atoms with van der Waals surface area (Å²) in [5, 5.41) is 2.97. The number of carbonyl (C=O) groups is 2. The summed E-state index contributed by atoms with van der Waals surface area (Å²) in [5.74, 6) is 0.652. The van der Waals surface area contributed by atoms with E-state index in [1.54, 1.807) is 12.0 Å². The molecule has 0 saturated heterocycles. The number of carbonyl (C=O) groups excluding carboxylic acids is 2. The molecule has 3 amide bonds. The summed E-state index contributed by atoms with van der Waals surface area (Å²) in [5.41, 5.74) is 3.70. The van der Waals surface area contributed by atoms with Crippen LogP contribution in [0.4, 0.5) is 10.5 Å². The molecule has 3 aromatic rings. The number of aryl methyl sites for hydroxylation is 1. The van der Waals surface area contributed by atoms with Crippen LogP contribution >= 0.6 is 0 Å². The summed E-state index contributed by atoms with van der Waals surface area (Å²) in [6.45, 7) is 5.73. The maximum absolute atomic E-state index is 13.7. The Hall–Kier alpha value is -3.74. The summed E-state index contributed by atoms with van der Waals surface area (Å²) in [6.07, 6.45) is 2.80. The fraction of sp³-hybridized carbons (Fsp3) is 0.333. The van der Waals surface area contributed by atoms with Gasteiger partial charge in [0, 0.05) is 42.8 Å². The molecule has 1 unspecified atom stereocenters. The molecular weight excluding hydrogens is 428 g/mol. The standard InChI is InChI=1S/C27H32N4O3/c1-4-15-30(27(33)28-22-12-7-5-10-20(22)2)19-25(32)31-18-17-29-16-9-13-23(29)26(31)21-11-6-8-14-24(21)34-3/h5-14,16,26H,4,15,17-19H2,1-3H3,(H,28,33). The van der Waals surface area contributed by atoms with E-state index in [4.69, 9.17) is 4.74 Å². The zero-order chi connectivity index (χ0) is 24.1. The average molecular weight is 461 g/mol. The van der Waals surface area contributed by atoms with Crippen LogP contribution < -0.4 is 10.1 Å². The van der Waals surface area contributed by atoms with Gasteiger partial charge in [0.25, 0.3) is 0 Å². The van der Waals surface area contributed by atoms with Crippen molar-refractivity contribution in [3.8, 4) is 5.75 Å². The van der Waals surface area contributed by atoms with Crippen LogP contribution in [0.1, 0.15) is 36.2 Å². The number of methoxy groups -OCH3 is 1. The number of amides is 3. The fourth-order valence-electron chi connectivity index (χ4n) is 4.56. The smallest absolute Gasteiger partial charge is 0.322 e. The number of urea groups is 1. The summed E-state index contributed by atoms with van der Waals surface area (Å²) in [4.78, 5) is 30.2. The second kappa shape index (κ2) is 10.5. The number of rotatable bonds is 7. The molecular formula is C27H32N4O3. The first-order chi connectivity index (χ1) is 16.5. The number of ether oxygens (including phenoxy) is 1. The maximum Gasteiger partial charge on any atom is 0.322 e. The van der Waals surface area contributed by atoms with Gasteiger partial charge in [0.15, 0.2) is 0 Å². The topological polar surface area (TPSA) is 66.8 Å². The number of benzene rings is 2. The Kier molecular flexibility index (Phi) is 7.21. The van der Waals surface area contributed by atoms with Crippen LogP contribution in [0.2, 0.25) is 0 Å². The number of aromatic nitrogens is 1. The van der Waals surface area contributed by atoms with Gasteiger partial charge in [-0.3, -0.25) is 4.79 Å². The van der Waals surface area contributed by atoms with Gasteiger partial charge in [0.2, 0.25) is 5.91 Å². The average Bonchev–Trinajstić information content (AvgIpc) is 3.33. The van der Waals surface area contributed by atoms with Gasteiger partial charge in [-0.05, 0) is 43.2 Å². The van der Waals surface area contributed by atoms with Crippen molar-refractivity contribution < 1.29 is 14.3 Å². The lowest BCUT2D eigenvalue weighted by atomic mass is 9.98. The van der Waals surface area contributed by atoms with Gasteiger partial charge in [0.1, 0.15) is 18.3 Å². The van der Waals surface area contributed by atoms with Gasteiger partial charge in [-0.1, -0.05) is 43.3 Å². The normalized spacial score (nSPS) is 14.9. The lowest BCUT2D eigenvalue weighted by molar-refractivity contribution is -0.134. The minimum Gasteiger partial charge on any atom is -0.496 e. The minimum absolute atomic E-state index is 0.0118. The molecule has 0 fully saturated rings. The van der Waals surface area contributed by atoms with Gasteiger partial charge in [-0.2, -0.15) is 0 Å². The molecule has 0 bridgehead atoms. The Morgan fingerprint density at radius 1 is 1.06 bits per heavy atom. The molecule has 34 heavy (non-hydrogen) atoms. The van der Waals surface area contributed by atoms with E-state index in [2.05, 4.69) is 9.88 Å². The number of hydrogen-bond acceptors (Lipinski definition) is 3. The molecule has 2 aromatic carbocycles. The van der Waals surface area contributed by atoms with Gasteiger partial charge >= 0.3 is 6.03 Å². The van der Waals surface area contributed by atoms with E-state index in [9.17, 15) is 9.59 Å². The quantitative estimate of drug-likeness (QED) is 0.557. The van der Waals surface area contributed by atoms with Crippen molar-refractivity contribution in [2.45, 2.75) is 32.9 Å². The van der Waals surface area contributed by atoms with E-state index < -0.39 is 0 Å². The van der Waals surface area contributed by atoms with E-state index in [1.165, 1.54) is 0 Å². The summed E-state index contributed by atoms with van der Waals surface area (Å²) < 4.78 is 7.81. The maximum atomic E-state index is 13.7. The molecule has 1 atom stereocenters. The first kappa shape index (κ1) is 23.4. The van der Waals surface area contributed by atoms with Crippen molar-refractivity contribution in [3.05, 3.63) is 83.7 Å². The van der Waals surface area contributed by atoms with E-state index in [-0.39, 0.29) is 24.5 Å². The van der Waals surface area contributed by atoms with Crippen LogP contribution in [-0.2, 0) is 11.3 Å². The number of anilines is 1. The van der Waals surface area contributed by atoms with Gasteiger partial charge in [-0.25, -0.2) is 4.79 Å². The Bertz CT molecular complexity index is 1160. The highest BCUT2D eigenvalue weighted by molar-refractivity contribution is 5.93. The Balaban J connectivity index is 1.59. The molecule has 7 heteroatoms. The van der Waals surface area contributed by atoms with Crippen LogP contribution in [0.5, 0.6) is 5.75 Å². The highest BCUT2D eigenvalue weighted by atomic mass is 16.5. The lowest BCUT2D eigenvalue weighted by Gasteiger charge is -2.39. The third kappa shape index (κ3) is 4.78. The van der Waals surface area contributed by atoms with Gasteiger partial charge < -0.3 is 24.4 Å². The molecule has 1 aliphatic heterocycles. The molecule has 0 aliphatic carbocycles. The summed E-state index contributed by atoms with van der Waals surface area (Å²) >= 11 is 0. The second-order valence-corrected chi connectivity index (χ2v) is 8.52. The predicted molar refractivity (Wildman–Crippen MR) is 133 cm³/mol. The largest absolute Gasteiger partial charge is 0.496 e. The van der Waals surface area contributed by atoms with Gasteiger partial charge in [-0.15, -0.1) is 0 Å². The van der Waals surface area contributed by atoms with E-state index in [0.29, 0.717) is 19.6 Å². The van der Waals surface area contributed by atoms with Crippen LogP contribution in [0, 0.1) is 6.92 Å². The number of para-hydroxylation sites is 2. The first-order valence-electron chi connectivity index (χ1n) is 11.7. The van der Waals surface area contributed by atoms with E-state index in [1.807, 2.05) is 85.6 Å². The molecule has 0 radical (unpaired) electrons. The third-order valence-corrected chi connectivity index (χ3v) is 6.29. The molecule has 1 aromatic heterocycles. The van der Waals surface area contributed by atoms with Crippen molar-refractivity contribution in [1.29, 1.82) is 0 Å². The number of hydrogen-bond donors (Lipinski definition) is 1. The van der Waals surface area contributed by atoms with Gasteiger partial charge in [0.05, 0.1) is 7.11 Å². The minimum atomic E-state index is -0.282. The Morgan fingerprint density at radius 3 is 2.59 bits per heavy atom. The molecule has 1 aliphatic rings. The van der Waals surface area contributed by atoms with Crippen LogP contribution in [-0.4, -0.2) is 53.0 Å². The Labute approximate surface area is 200 Å². The van der Waals surface area contributed by atoms with Crippen molar-refractivity contribution >= 4 is 17.6 Å². The molecule has 1 N–H and O–H groups in total. The molecule has 0 spiro atoms. The molecule has 7 nitrogen and oxygen atoms in total. The monoisotopic (exact) mass is 460 g/mol. The number of nitrogens with one attached hydrogen (secondary N) is 1. The van der Waals surface area contributed by atoms with Crippen molar-refractivity contribution in [2.75, 3.05) is 32.1 Å². The zero-order valence-electron chi connectivity index (χ0n) is 20.0. The fourth-order valence-corrected chi connectivity index (χ4v) is 4.56. The van der Waals surface area contributed by atoms with Crippen molar-refractivity contribution in [1.82, 2.24) is 14.4 Å². The molecule has 0 saturated carbocycles. The second-order valence-electron chi connectivity index (χ2n) is 8.52. The third-order valence-electron chi connectivity index (χ3n) is 6.29. The number of nitrogens with zero attached hydrogens (tertiary/aromatic N) is 3. The highest BCUT2D eigenvalue weighted by Crippen LogP contribution is 2.37. The lowest BCUT2D eigenvalue weighted by Crippen LogP contribution is -2.49. The first-order valence-corrected chi connectivity index (χ1v) is 11.7. The highest BCUT2D eigenvalue weighted by Gasteiger charge is 2.34. The summed E-state index contributed by atoms with van der Waals surface area (Å²) in [7, 11) is 1.64. The zero-order valence-corrected chi connectivity index (χ0v) is 20.0. The molecule has 4 rings (SSSR count). The Morgan fingerprint density at radius 2 is 1.82 bits per heavy atom. The number of fused-ring (bicyclic) bond motifs is 1. The molecule has 2 heterocycles. The SMILES string of the molecule is CCCN(CC(=O)N1CCn2cccc2C1c1ccccc1OC)C(=O)Nc1ccccc1C. The predicted octanol–water partition coefficient (Wildman–Crippen LogP) is 4.68.